The molecule has 0 saturated heterocycles. The number of aromatic nitrogens is 3. The molecule has 0 bridgehead atoms. The number of benzene rings is 1. The van der Waals surface area contributed by atoms with Gasteiger partial charge in [0.2, 0.25) is 0 Å². The third-order valence-electron chi connectivity index (χ3n) is 2.59. The first-order chi connectivity index (χ1) is 8.68. The summed E-state index contributed by atoms with van der Waals surface area (Å²) in [5, 5.41) is 18.9. The third-order valence-corrected chi connectivity index (χ3v) is 2.59. The first-order valence-electron chi connectivity index (χ1n) is 5.59. The first kappa shape index (κ1) is 12.1. The summed E-state index contributed by atoms with van der Waals surface area (Å²) in [5.41, 5.74) is 0.963. The number of para-hydroxylation sites is 1. The lowest BCUT2D eigenvalue weighted by molar-refractivity contribution is 0.0951. The Morgan fingerprint density at radius 3 is 3.06 bits per heavy atom. The molecule has 6 nitrogen and oxygen atoms in total. The molecule has 2 aromatic rings. The van der Waals surface area contributed by atoms with Crippen molar-refractivity contribution in [2.24, 2.45) is 0 Å². The van der Waals surface area contributed by atoms with E-state index in [1.165, 1.54) is 6.33 Å². The normalized spacial score (nSPS) is 10.3. The molecule has 0 radical (unpaired) electrons. The van der Waals surface area contributed by atoms with Gasteiger partial charge in [0.1, 0.15) is 17.9 Å². The minimum absolute atomic E-state index is 0.0228. The van der Waals surface area contributed by atoms with Crippen LogP contribution in [0.25, 0.3) is 0 Å². The number of rotatable bonds is 4. The van der Waals surface area contributed by atoms with Crippen LogP contribution in [0.15, 0.2) is 24.5 Å². The van der Waals surface area contributed by atoms with Gasteiger partial charge in [-0.05, 0) is 18.6 Å². The number of carbonyl (C=O) groups excluding carboxylic acids is 1. The van der Waals surface area contributed by atoms with E-state index in [4.69, 9.17) is 0 Å². The number of aryl methyl sites for hydroxylation is 1. The van der Waals surface area contributed by atoms with Crippen molar-refractivity contribution in [3.05, 3.63) is 41.5 Å². The molecule has 94 valence electrons. The topological polar surface area (TPSA) is 90.9 Å². The van der Waals surface area contributed by atoms with E-state index in [1.54, 1.807) is 25.1 Å². The molecule has 1 aromatic heterocycles. The van der Waals surface area contributed by atoms with Crippen LogP contribution in [0.4, 0.5) is 0 Å². The number of H-pyrrole nitrogens is 1. The predicted molar refractivity (Wildman–Crippen MR) is 65.3 cm³/mol. The molecule has 0 aliphatic carbocycles. The average Bonchev–Trinajstić information content (AvgIpc) is 2.85. The van der Waals surface area contributed by atoms with Gasteiger partial charge in [-0.3, -0.25) is 9.89 Å². The predicted octanol–water partition coefficient (Wildman–Crippen LogP) is 0.791. The van der Waals surface area contributed by atoms with E-state index >= 15 is 0 Å². The van der Waals surface area contributed by atoms with Crippen LogP contribution in [0.2, 0.25) is 0 Å². The summed E-state index contributed by atoms with van der Waals surface area (Å²) < 4.78 is 0. The quantitative estimate of drug-likeness (QED) is 0.744. The van der Waals surface area contributed by atoms with Crippen LogP contribution in [-0.4, -0.2) is 32.7 Å². The van der Waals surface area contributed by atoms with Crippen molar-refractivity contribution in [3.8, 4) is 5.75 Å². The summed E-state index contributed by atoms with van der Waals surface area (Å²) in [6.45, 7) is 2.18. The zero-order chi connectivity index (χ0) is 13.0. The van der Waals surface area contributed by atoms with Crippen LogP contribution in [0, 0.1) is 6.92 Å². The molecule has 0 atom stereocenters. The third kappa shape index (κ3) is 2.65. The van der Waals surface area contributed by atoms with E-state index in [-0.39, 0.29) is 17.2 Å². The highest BCUT2D eigenvalue weighted by molar-refractivity contribution is 5.97. The van der Waals surface area contributed by atoms with Crippen LogP contribution < -0.4 is 5.32 Å². The van der Waals surface area contributed by atoms with E-state index in [0.29, 0.717) is 24.4 Å². The molecule has 0 unspecified atom stereocenters. The van der Waals surface area contributed by atoms with E-state index in [0.717, 1.165) is 0 Å². The summed E-state index contributed by atoms with van der Waals surface area (Å²) in [7, 11) is 0. The molecule has 18 heavy (non-hydrogen) atoms. The smallest absolute Gasteiger partial charge is 0.255 e. The molecular weight excluding hydrogens is 232 g/mol. The van der Waals surface area contributed by atoms with Crippen molar-refractivity contribution in [1.29, 1.82) is 0 Å². The maximum atomic E-state index is 11.8. The van der Waals surface area contributed by atoms with Crippen LogP contribution in [0.3, 0.4) is 0 Å². The Balaban J connectivity index is 1.93. The minimum atomic E-state index is -0.296. The Hall–Kier alpha value is -2.37. The summed E-state index contributed by atoms with van der Waals surface area (Å²) in [6, 6.07) is 5.08. The van der Waals surface area contributed by atoms with Gasteiger partial charge in [-0.1, -0.05) is 12.1 Å². The van der Waals surface area contributed by atoms with Crippen LogP contribution >= 0.6 is 0 Å². The van der Waals surface area contributed by atoms with E-state index in [1.807, 2.05) is 0 Å². The van der Waals surface area contributed by atoms with Crippen LogP contribution in [-0.2, 0) is 6.42 Å². The second kappa shape index (κ2) is 5.31. The van der Waals surface area contributed by atoms with Crippen molar-refractivity contribution in [3.63, 3.8) is 0 Å². The second-order valence-electron chi connectivity index (χ2n) is 3.91. The SMILES string of the molecule is Cc1cccc(C(=O)NCCc2ncn[nH]2)c1O. The fraction of sp³-hybridized carbons (Fsp3) is 0.250. The molecule has 1 heterocycles. The van der Waals surface area contributed by atoms with Gasteiger partial charge in [0.25, 0.3) is 5.91 Å². The molecule has 0 aliphatic heterocycles. The lowest BCUT2D eigenvalue weighted by Crippen LogP contribution is -2.26. The molecule has 2 rings (SSSR count). The summed E-state index contributed by atoms with van der Waals surface area (Å²) in [6.07, 6.45) is 1.99. The Morgan fingerprint density at radius 1 is 1.50 bits per heavy atom. The summed E-state index contributed by atoms with van der Waals surface area (Å²) >= 11 is 0. The molecule has 0 aliphatic rings. The maximum Gasteiger partial charge on any atom is 0.255 e. The summed E-state index contributed by atoms with van der Waals surface area (Å²) in [4.78, 5) is 15.8. The first-order valence-corrected chi connectivity index (χ1v) is 5.59. The van der Waals surface area contributed by atoms with Gasteiger partial charge in [0.05, 0.1) is 5.56 Å². The number of amides is 1. The standard InChI is InChI=1S/C12H14N4O2/c1-8-3-2-4-9(11(8)17)12(18)13-6-5-10-14-7-15-16-10/h2-4,7,17H,5-6H2,1H3,(H,13,18)(H,14,15,16). The average molecular weight is 246 g/mol. The molecular formula is C12H14N4O2. The van der Waals surface area contributed by atoms with E-state index < -0.39 is 0 Å². The number of phenols is 1. The fourth-order valence-corrected chi connectivity index (χ4v) is 1.58. The number of nitrogens with zero attached hydrogens (tertiary/aromatic N) is 2. The number of hydrogen-bond acceptors (Lipinski definition) is 4. The van der Waals surface area contributed by atoms with Crippen molar-refractivity contribution < 1.29 is 9.90 Å². The molecule has 3 N–H and O–H groups in total. The number of nitrogens with one attached hydrogen (secondary N) is 2. The van der Waals surface area contributed by atoms with Gasteiger partial charge in [-0.25, -0.2) is 4.98 Å². The van der Waals surface area contributed by atoms with Gasteiger partial charge < -0.3 is 10.4 Å². The number of hydrogen-bond donors (Lipinski definition) is 3. The molecule has 1 amide bonds. The molecule has 6 heteroatoms. The van der Waals surface area contributed by atoms with Crippen molar-refractivity contribution >= 4 is 5.91 Å². The van der Waals surface area contributed by atoms with Crippen LogP contribution in [0.5, 0.6) is 5.75 Å². The number of phenolic OH excluding ortho intramolecular Hbond substituents is 1. The highest BCUT2D eigenvalue weighted by Crippen LogP contribution is 2.20. The highest BCUT2D eigenvalue weighted by Gasteiger charge is 2.11. The Kier molecular flexibility index (Phi) is 3.57. The largest absolute Gasteiger partial charge is 0.507 e. The van der Waals surface area contributed by atoms with Gasteiger partial charge in [-0.2, -0.15) is 5.10 Å². The molecule has 1 aromatic carbocycles. The lowest BCUT2D eigenvalue weighted by Gasteiger charge is -2.07. The van der Waals surface area contributed by atoms with Gasteiger partial charge >= 0.3 is 0 Å². The summed E-state index contributed by atoms with van der Waals surface area (Å²) in [5.74, 6) is 0.439. The zero-order valence-corrected chi connectivity index (χ0v) is 9.97. The van der Waals surface area contributed by atoms with Crippen LogP contribution in [0.1, 0.15) is 21.7 Å². The maximum absolute atomic E-state index is 11.8. The monoisotopic (exact) mass is 246 g/mol. The van der Waals surface area contributed by atoms with Crippen molar-refractivity contribution in [1.82, 2.24) is 20.5 Å². The second-order valence-corrected chi connectivity index (χ2v) is 3.91. The van der Waals surface area contributed by atoms with Crippen molar-refractivity contribution in [2.75, 3.05) is 6.54 Å². The molecule has 0 spiro atoms. The van der Waals surface area contributed by atoms with Gasteiger partial charge in [0, 0.05) is 13.0 Å². The lowest BCUT2D eigenvalue weighted by atomic mass is 10.1. The number of aromatic hydroxyl groups is 1. The molecule has 0 saturated carbocycles. The zero-order valence-electron chi connectivity index (χ0n) is 9.97. The minimum Gasteiger partial charge on any atom is -0.507 e. The molecule has 0 fully saturated rings. The van der Waals surface area contributed by atoms with E-state index in [2.05, 4.69) is 20.5 Å². The van der Waals surface area contributed by atoms with Gasteiger partial charge in [0.15, 0.2) is 0 Å². The Bertz CT molecular complexity index is 537. The number of carbonyl (C=O) groups is 1. The number of aromatic amines is 1. The van der Waals surface area contributed by atoms with Gasteiger partial charge in [-0.15, -0.1) is 0 Å². The Labute approximate surface area is 104 Å². The van der Waals surface area contributed by atoms with Crippen molar-refractivity contribution in [2.45, 2.75) is 13.3 Å². The Morgan fingerprint density at radius 2 is 2.33 bits per heavy atom. The highest BCUT2D eigenvalue weighted by atomic mass is 16.3. The van der Waals surface area contributed by atoms with E-state index in [9.17, 15) is 9.90 Å². The fourth-order valence-electron chi connectivity index (χ4n) is 1.58.